The molecule has 0 aromatic heterocycles. The number of benzene rings is 2. The zero-order chi connectivity index (χ0) is 20.4. The fraction of sp³-hybridized carbons (Fsp3) is 0.520. The number of hydrogen-bond acceptors (Lipinski definition) is 2. The van der Waals surface area contributed by atoms with E-state index in [-0.39, 0.29) is 11.7 Å². The normalized spacial score (nSPS) is 26.8. The first-order chi connectivity index (χ1) is 14.1. The summed E-state index contributed by atoms with van der Waals surface area (Å²) in [6, 6.07) is 9.88. The molecular weight excluding hydrogens is 370 g/mol. The van der Waals surface area contributed by atoms with Crippen molar-refractivity contribution in [2.24, 2.45) is 11.8 Å². The summed E-state index contributed by atoms with van der Waals surface area (Å²) in [5.41, 5.74) is 1.75. The second-order valence-corrected chi connectivity index (χ2v) is 8.50. The smallest absolute Gasteiger partial charge is 0.134 e. The number of fused-ring (bicyclic) bond motifs is 1. The van der Waals surface area contributed by atoms with Crippen molar-refractivity contribution in [1.29, 1.82) is 0 Å². The minimum atomic E-state index is -0.400. The van der Waals surface area contributed by atoms with Crippen LogP contribution in [0.15, 0.2) is 36.4 Å². The second-order valence-electron chi connectivity index (χ2n) is 8.50. The number of methoxy groups -OCH3 is 1. The van der Waals surface area contributed by atoms with Crippen LogP contribution in [-0.2, 0) is 4.74 Å². The van der Waals surface area contributed by atoms with E-state index in [1.54, 1.807) is 12.1 Å². The van der Waals surface area contributed by atoms with Crippen molar-refractivity contribution in [1.82, 2.24) is 0 Å². The first-order valence-electron chi connectivity index (χ1n) is 10.8. The monoisotopic (exact) mass is 400 g/mol. The van der Waals surface area contributed by atoms with Gasteiger partial charge in [0.15, 0.2) is 0 Å². The largest absolute Gasteiger partial charge is 0.497 e. The molecule has 0 spiro atoms. The van der Waals surface area contributed by atoms with Crippen LogP contribution in [0.2, 0.25) is 0 Å². The predicted molar refractivity (Wildman–Crippen MR) is 111 cm³/mol. The summed E-state index contributed by atoms with van der Waals surface area (Å²) in [4.78, 5) is 0. The van der Waals surface area contributed by atoms with Gasteiger partial charge in [-0.25, -0.2) is 8.78 Å². The van der Waals surface area contributed by atoms with Crippen molar-refractivity contribution in [3.8, 4) is 16.9 Å². The third-order valence-corrected chi connectivity index (χ3v) is 6.89. The van der Waals surface area contributed by atoms with E-state index in [1.165, 1.54) is 25.7 Å². The van der Waals surface area contributed by atoms with Gasteiger partial charge in [-0.15, -0.1) is 0 Å². The van der Waals surface area contributed by atoms with E-state index in [2.05, 4.69) is 6.92 Å². The molecule has 0 saturated heterocycles. The molecule has 0 amide bonds. The van der Waals surface area contributed by atoms with E-state index in [0.717, 1.165) is 44.3 Å². The molecule has 2 aliphatic rings. The highest BCUT2D eigenvalue weighted by molar-refractivity contribution is 5.65. The Bertz CT molecular complexity index is 851. The maximum atomic E-state index is 15.0. The van der Waals surface area contributed by atoms with Gasteiger partial charge in [-0.2, -0.15) is 0 Å². The Kier molecular flexibility index (Phi) is 6.19. The second kappa shape index (κ2) is 8.83. The Morgan fingerprint density at radius 3 is 2.41 bits per heavy atom. The predicted octanol–water partition coefficient (Wildman–Crippen LogP) is 6.73. The van der Waals surface area contributed by atoms with Gasteiger partial charge in [0.25, 0.3) is 0 Å². The molecule has 2 aliphatic carbocycles. The molecule has 2 aromatic rings. The molecule has 4 heteroatoms. The summed E-state index contributed by atoms with van der Waals surface area (Å²) in [6.45, 7) is 2.85. The third kappa shape index (κ3) is 4.32. The Labute approximate surface area is 172 Å². The highest BCUT2D eigenvalue weighted by atomic mass is 19.1. The molecule has 0 radical (unpaired) electrons. The number of halogens is 2. The molecule has 4 atom stereocenters. The Hall–Kier alpha value is -1.94. The van der Waals surface area contributed by atoms with Gasteiger partial charge in [0.2, 0.25) is 0 Å². The van der Waals surface area contributed by atoms with Crippen LogP contribution < -0.4 is 4.74 Å². The average molecular weight is 401 g/mol. The topological polar surface area (TPSA) is 18.5 Å². The number of rotatable bonds is 5. The number of ether oxygens (including phenoxy) is 2. The Morgan fingerprint density at radius 2 is 1.69 bits per heavy atom. The summed E-state index contributed by atoms with van der Waals surface area (Å²) < 4.78 is 40.3. The van der Waals surface area contributed by atoms with Crippen LogP contribution in [0.4, 0.5) is 8.78 Å². The molecule has 4 unspecified atom stereocenters. The van der Waals surface area contributed by atoms with Gasteiger partial charge >= 0.3 is 0 Å². The molecular formula is C25H30F2O2. The maximum absolute atomic E-state index is 15.0. The van der Waals surface area contributed by atoms with E-state index in [1.807, 2.05) is 12.1 Å². The summed E-state index contributed by atoms with van der Waals surface area (Å²) in [5.74, 6) is 1.48. The fourth-order valence-electron chi connectivity index (χ4n) is 5.40. The summed E-state index contributed by atoms with van der Waals surface area (Å²) in [7, 11) is 1.50. The molecule has 2 saturated carbocycles. The van der Waals surface area contributed by atoms with Crippen LogP contribution in [0.5, 0.6) is 5.75 Å². The summed E-state index contributed by atoms with van der Waals surface area (Å²) in [6.07, 6.45) is 7.09. The quantitative estimate of drug-likeness (QED) is 0.554. The Balaban J connectivity index is 1.48. The van der Waals surface area contributed by atoms with E-state index < -0.39 is 5.82 Å². The molecule has 0 heterocycles. The molecule has 2 fully saturated rings. The highest BCUT2D eigenvalue weighted by Gasteiger charge is 2.36. The Morgan fingerprint density at radius 1 is 0.897 bits per heavy atom. The van der Waals surface area contributed by atoms with Crippen molar-refractivity contribution >= 4 is 0 Å². The molecule has 2 nitrogen and oxygen atoms in total. The van der Waals surface area contributed by atoms with Crippen molar-refractivity contribution in [3.05, 3.63) is 53.6 Å². The molecule has 0 bridgehead atoms. The highest BCUT2D eigenvalue weighted by Crippen LogP contribution is 2.47. The van der Waals surface area contributed by atoms with Crippen LogP contribution in [0.3, 0.4) is 0 Å². The van der Waals surface area contributed by atoms with Gasteiger partial charge < -0.3 is 9.47 Å². The minimum absolute atomic E-state index is 0.218. The average Bonchev–Trinajstić information content (AvgIpc) is 2.73. The lowest BCUT2D eigenvalue weighted by Gasteiger charge is -2.42. The zero-order valence-electron chi connectivity index (χ0n) is 17.3. The zero-order valence-corrected chi connectivity index (χ0v) is 17.3. The lowest BCUT2D eigenvalue weighted by Crippen LogP contribution is -2.33. The van der Waals surface area contributed by atoms with Gasteiger partial charge in [-0.1, -0.05) is 12.1 Å². The van der Waals surface area contributed by atoms with Crippen molar-refractivity contribution in [3.63, 3.8) is 0 Å². The SMILES string of the molecule is CCOC1CCC2CC(c3ccc(-c4ccc(OC)cc4F)cc3F)CCC2C1. The van der Waals surface area contributed by atoms with Gasteiger partial charge in [0, 0.05) is 18.2 Å². The van der Waals surface area contributed by atoms with Crippen LogP contribution in [0.25, 0.3) is 11.1 Å². The summed E-state index contributed by atoms with van der Waals surface area (Å²) in [5, 5.41) is 0. The van der Waals surface area contributed by atoms with Crippen LogP contribution in [-0.4, -0.2) is 19.8 Å². The molecule has 0 N–H and O–H groups in total. The standard InChI is InChI=1S/C25H30F2O2/c1-3-29-21-8-6-16-12-18(5-4-17(16)13-21)22-10-7-19(14-24(22)26)23-11-9-20(28-2)15-25(23)27/h7,9-11,14-18,21H,3-6,8,12-13H2,1-2H3. The lowest BCUT2D eigenvalue weighted by molar-refractivity contribution is -0.00968. The van der Waals surface area contributed by atoms with Gasteiger partial charge in [0.05, 0.1) is 13.2 Å². The van der Waals surface area contributed by atoms with Crippen molar-refractivity contribution in [2.45, 2.75) is 57.5 Å². The van der Waals surface area contributed by atoms with Crippen LogP contribution >= 0.6 is 0 Å². The van der Waals surface area contributed by atoms with Crippen LogP contribution in [0, 0.1) is 23.5 Å². The summed E-state index contributed by atoms with van der Waals surface area (Å²) >= 11 is 0. The minimum Gasteiger partial charge on any atom is -0.497 e. The molecule has 4 rings (SSSR count). The number of hydrogen-bond donors (Lipinski definition) is 0. The van der Waals surface area contributed by atoms with Crippen molar-refractivity contribution in [2.75, 3.05) is 13.7 Å². The van der Waals surface area contributed by atoms with Crippen molar-refractivity contribution < 1.29 is 18.3 Å². The third-order valence-electron chi connectivity index (χ3n) is 6.89. The van der Waals surface area contributed by atoms with Gasteiger partial charge in [-0.3, -0.25) is 0 Å². The van der Waals surface area contributed by atoms with E-state index in [9.17, 15) is 4.39 Å². The van der Waals surface area contributed by atoms with Gasteiger partial charge in [-0.05, 0) is 92.5 Å². The maximum Gasteiger partial charge on any atom is 0.134 e. The van der Waals surface area contributed by atoms with E-state index in [0.29, 0.717) is 34.8 Å². The first kappa shape index (κ1) is 20.3. The lowest BCUT2D eigenvalue weighted by atomic mass is 9.65. The van der Waals surface area contributed by atoms with E-state index in [4.69, 9.17) is 9.47 Å². The molecule has 29 heavy (non-hydrogen) atoms. The van der Waals surface area contributed by atoms with E-state index >= 15 is 4.39 Å². The first-order valence-corrected chi connectivity index (χ1v) is 10.8. The molecule has 156 valence electrons. The molecule has 2 aromatic carbocycles. The fourth-order valence-corrected chi connectivity index (χ4v) is 5.40. The molecule has 0 aliphatic heterocycles. The van der Waals surface area contributed by atoms with Gasteiger partial charge in [0.1, 0.15) is 17.4 Å². The van der Waals surface area contributed by atoms with Crippen LogP contribution in [0.1, 0.15) is 56.9 Å².